The van der Waals surface area contributed by atoms with Crippen LogP contribution in [0.1, 0.15) is 17.9 Å². The van der Waals surface area contributed by atoms with Gasteiger partial charge in [0, 0.05) is 12.3 Å². The van der Waals surface area contributed by atoms with Crippen LogP contribution in [0.4, 0.5) is 0 Å². The van der Waals surface area contributed by atoms with Gasteiger partial charge >= 0.3 is 0 Å². The lowest BCUT2D eigenvalue weighted by Crippen LogP contribution is -2.00. The molecular formula is C10H10O2. The fourth-order valence-electron chi connectivity index (χ4n) is 1.07. The van der Waals surface area contributed by atoms with Crippen molar-refractivity contribution >= 4 is 12.6 Å². The van der Waals surface area contributed by atoms with Crippen LogP contribution in [0.2, 0.25) is 0 Å². The minimum Gasteiger partial charge on any atom is -0.303 e. The van der Waals surface area contributed by atoms with Crippen molar-refractivity contribution < 1.29 is 9.59 Å². The van der Waals surface area contributed by atoms with Crippen molar-refractivity contribution in [1.29, 1.82) is 0 Å². The first-order chi connectivity index (χ1) is 5.88. The van der Waals surface area contributed by atoms with Crippen LogP contribution in [-0.2, 0) is 9.59 Å². The summed E-state index contributed by atoms with van der Waals surface area (Å²) in [6.45, 7) is 0. The highest BCUT2D eigenvalue weighted by Gasteiger charge is 2.07. The molecule has 0 saturated heterocycles. The van der Waals surface area contributed by atoms with Crippen molar-refractivity contribution in [3.8, 4) is 0 Å². The Balaban J connectivity index is 2.79. The Morgan fingerprint density at radius 2 is 1.83 bits per heavy atom. The molecular weight excluding hydrogens is 152 g/mol. The summed E-state index contributed by atoms with van der Waals surface area (Å²) < 4.78 is 0. The molecule has 2 heteroatoms. The highest BCUT2D eigenvalue weighted by atomic mass is 16.1. The van der Waals surface area contributed by atoms with Crippen LogP contribution >= 0.6 is 0 Å². The maximum Gasteiger partial charge on any atom is 0.127 e. The zero-order valence-corrected chi connectivity index (χ0v) is 6.64. The predicted octanol–water partition coefficient (Wildman–Crippen LogP) is 1.56. The monoisotopic (exact) mass is 162 g/mol. The molecule has 1 aromatic carbocycles. The van der Waals surface area contributed by atoms with Gasteiger partial charge in [-0.25, -0.2) is 0 Å². The quantitative estimate of drug-likeness (QED) is 0.629. The molecule has 62 valence electrons. The summed E-state index contributed by atoms with van der Waals surface area (Å²) in [6.07, 6.45) is 1.85. The van der Waals surface area contributed by atoms with E-state index in [1.54, 1.807) is 0 Å². The fourth-order valence-corrected chi connectivity index (χ4v) is 1.07. The van der Waals surface area contributed by atoms with Gasteiger partial charge in [-0.05, 0) is 5.56 Å². The molecule has 0 saturated carbocycles. The SMILES string of the molecule is O=CCC(C=O)c1ccccc1. The number of rotatable bonds is 4. The summed E-state index contributed by atoms with van der Waals surface area (Å²) in [7, 11) is 0. The molecule has 12 heavy (non-hydrogen) atoms. The summed E-state index contributed by atoms with van der Waals surface area (Å²) in [4.78, 5) is 20.7. The molecule has 0 bridgehead atoms. The lowest BCUT2D eigenvalue weighted by atomic mass is 9.98. The van der Waals surface area contributed by atoms with Crippen LogP contribution in [0.3, 0.4) is 0 Å². The number of hydrogen-bond acceptors (Lipinski definition) is 2. The molecule has 0 aromatic heterocycles. The third kappa shape index (κ3) is 2.02. The second-order valence-electron chi connectivity index (χ2n) is 2.56. The minimum atomic E-state index is -0.274. The first-order valence-electron chi connectivity index (χ1n) is 3.82. The Morgan fingerprint density at radius 1 is 1.17 bits per heavy atom. The number of benzene rings is 1. The van der Waals surface area contributed by atoms with Crippen molar-refractivity contribution in [1.82, 2.24) is 0 Å². The molecule has 2 nitrogen and oxygen atoms in total. The average molecular weight is 162 g/mol. The fraction of sp³-hybridized carbons (Fsp3) is 0.200. The van der Waals surface area contributed by atoms with Crippen molar-refractivity contribution in [3.05, 3.63) is 35.9 Å². The lowest BCUT2D eigenvalue weighted by Gasteiger charge is -2.04. The topological polar surface area (TPSA) is 34.1 Å². The second kappa shape index (κ2) is 4.44. The van der Waals surface area contributed by atoms with Crippen molar-refractivity contribution in [2.24, 2.45) is 0 Å². The maximum atomic E-state index is 10.5. The number of carbonyl (C=O) groups is 2. The average Bonchev–Trinajstić information content (AvgIpc) is 2.15. The predicted molar refractivity (Wildman–Crippen MR) is 45.9 cm³/mol. The third-order valence-electron chi connectivity index (χ3n) is 1.74. The normalized spacial score (nSPS) is 12.0. The van der Waals surface area contributed by atoms with Gasteiger partial charge in [0.15, 0.2) is 0 Å². The Hall–Kier alpha value is -1.44. The summed E-state index contributed by atoms with van der Waals surface area (Å²) in [5.74, 6) is -0.274. The van der Waals surface area contributed by atoms with Crippen LogP contribution < -0.4 is 0 Å². The highest BCUT2D eigenvalue weighted by Crippen LogP contribution is 2.14. The third-order valence-corrected chi connectivity index (χ3v) is 1.74. The number of carbonyl (C=O) groups excluding carboxylic acids is 2. The van der Waals surface area contributed by atoms with E-state index in [1.165, 1.54) is 0 Å². The Bertz CT molecular complexity index is 254. The van der Waals surface area contributed by atoms with Gasteiger partial charge in [0.25, 0.3) is 0 Å². The standard InChI is InChI=1S/C10H10O2/c11-7-6-10(8-12)9-4-2-1-3-5-9/h1-5,7-8,10H,6H2. The summed E-state index contributed by atoms with van der Waals surface area (Å²) >= 11 is 0. The molecule has 0 aliphatic heterocycles. The van der Waals surface area contributed by atoms with Gasteiger partial charge in [0.05, 0.1) is 0 Å². The van der Waals surface area contributed by atoms with Gasteiger partial charge in [0.1, 0.15) is 12.6 Å². The second-order valence-corrected chi connectivity index (χ2v) is 2.56. The molecule has 1 aromatic rings. The Morgan fingerprint density at radius 3 is 2.33 bits per heavy atom. The molecule has 0 spiro atoms. The molecule has 0 aliphatic carbocycles. The van der Waals surface area contributed by atoms with Gasteiger partial charge in [-0.1, -0.05) is 30.3 Å². The zero-order valence-electron chi connectivity index (χ0n) is 6.64. The molecule has 0 heterocycles. The maximum absolute atomic E-state index is 10.5. The molecule has 0 amide bonds. The van der Waals surface area contributed by atoms with Crippen molar-refractivity contribution in [2.75, 3.05) is 0 Å². The van der Waals surface area contributed by atoms with Crippen molar-refractivity contribution in [3.63, 3.8) is 0 Å². The van der Waals surface area contributed by atoms with Gasteiger partial charge in [-0.2, -0.15) is 0 Å². The van der Waals surface area contributed by atoms with E-state index < -0.39 is 0 Å². The van der Waals surface area contributed by atoms with E-state index in [4.69, 9.17) is 0 Å². The molecule has 1 atom stereocenters. The van der Waals surface area contributed by atoms with Crippen LogP contribution in [0.25, 0.3) is 0 Å². The van der Waals surface area contributed by atoms with E-state index in [2.05, 4.69) is 0 Å². The zero-order chi connectivity index (χ0) is 8.81. The van der Waals surface area contributed by atoms with Gasteiger partial charge in [0.2, 0.25) is 0 Å². The van der Waals surface area contributed by atoms with E-state index >= 15 is 0 Å². The Kier molecular flexibility index (Phi) is 3.20. The first kappa shape index (κ1) is 8.65. The smallest absolute Gasteiger partial charge is 0.127 e. The first-order valence-corrected chi connectivity index (χ1v) is 3.82. The van der Waals surface area contributed by atoms with Crippen LogP contribution in [0, 0.1) is 0 Å². The molecule has 0 aliphatic rings. The summed E-state index contributed by atoms with van der Waals surface area (Å²) in [5.41, 5.74) is 0.902. The van der Waals surface area contributed by atoms with Gasteiger partial charge in [-0.3, -0.25) is 0 Å². The van der Waals surface area contributed by atoms with Crippen molar-refractivity contribution in [2.45, 2.75) is 12.3 Å². The summed E-state index contributed by atoms with van der Waals surface area (Å²) in [5, 5.41) is 0. The number of hydrogen-bond donors (Lipinski definition) is 0. The Labute approximate surface area is 71.2 Å². The van der Waals surface area contributed by atoms with E-state index in [0.29, 0.717) is 0 Å². The lowest BCUT2D eigenvalue weighted by molar-refractivity contribution is -0.113. The van der Waals surface area contributed by atoms with Crippen LogP contribution in [-0.4, -0.2) is 12.6 Å². The van der Waals surface area contributed by atoms with E-state index in [-0.39, 0.29) is 12.3 Å². The van der Waals surface area contributed by atoms with Crippen LogP contribution in [0.15, 0.2) is 30.3 Å². The van der Waals surface area contributed by atoms with Gasteiger partial charge in [-0.15, -0.1) is 0 Å². The molecule has 0 N–H and O–H groups in total. The summed E-state index contributed by atoms with van der Waals surface area (Å²) in [6, 6.07) is 9.30. The van der Waals surface area contributed by atoms with E-state index in [1.807, 2.05) is 30.3 Å². The minimum absolute atomic E-state index is 0.271. The van der Waals surface area contributed by atoms with E-state index in [0.717, 1.165) is 18.1 Å². The molecule has 1 unspecified atom stereocenters. The number of aldehydes is 2. The molecule has 0 radical (unpaired) electrons. The van der Waals surface area contributed by atoms with Gasteiger partial charge < -0.3 is 9.59 Å². The van der Waals surface area contributed by atoms with Crippen LogP contribution in [0.5, 0.6) is 0 Å². The highest BCUT2D eigenvalue weighted by molar-refractivity contribution is 5.68. The largest absolute Gasteiger partial charge is 0.303 e. The molecule has 0 fully saturated rings. The molecule has 1 rings (SSSR count). The van der Waals surface area contributed by atoms with E-state index in [9.17, 15) is 9.59 Å².